The van der Waals surface area contributed by atoms with Crippen LogP contribution in [0.4, 0.5) is 13.2 Å². The molecule has 0 saturated heterocycles. The molecule has 3 aromatic rings. The van der Waals surface area contributed by atoms with Gasteiger partial charge in [-0.2, -0.15) is 13.2 Å². The van der Waals surface area contributed by atoms with E-state index in [0.29, 0.717) is 10.9 Å². The highest BCUT2D eigenvalue weighted by molar-refractivity contribution is 6.08. The van der Waals surface area contributed by atoms with E-state index in [1.54, 1.807) is 24.3 Å². The van der Waals surface area contributed by atoms with Crippen LogP contribution in [-0.4, -0.2) is 10.9 Å². The number of alkyl halides is 3. The van der Waals surface area contributed by atoms with Gasteiger partial charge in [-0.1, -0.05) is 36.4 Å². The number of aromatic nitrogens is 1. The average molecular weight is 316 g/mol. The van der Waals surface area contributed by atoms with Crippen molar-refractivity contribution < 1.29 is 18.0 Å². The second-order valence-corrected chi connectivity index (χ2v) is 4.97. The third-order valence-electron chi connectivity index (χ3n) is 3.54. The van der Waals surface area contributed by atoms with Gasteiger partial charge >= 0.3 is 6.18 Å². The van der Waals surface area contributed by atoms with Crippen molar-refractivity contribution in [3.05, 3.63) is 65.9 Å². The maximum atomic E-state index is 13.3. The lowest BCUT2D eigenvalue weighted by atomic mass is 9.92. The summed E-state index contributed by atoms with van der Waals surface area (Å²) in [4.78, 5) is 15.8. The van der Waals surface area contributed by atoms with Gasteiger partial charge in [-0.3, -0.25) is 9.78 Å². The van der Waals surface area contributed by atoms with Crippen molar-refractivity contribution in [1.82, 2.24) is 4.98 Å². The first-order chi connectivity index (χ1) is 10.9. The number of para-hydroxylation sites is 1. The van der Waals surface area contributed by atoms with Crippen molar-refractivity contribution in [3.8, 4) is 11.1 Å². The van der Waals surface area contributed by atoms with E-state index in [4.69, 9.17) is 5.73 Å². The molecule has 6 heteroatoms. The number of pyridine rings is 1. The maximum absolute atomic E-state index is 13.3. The molecule has 23 heavy (non-hydrogen) atoms. The number of benzene rings is 2. The van der Waals surface area contributed by atoms with Crippen LogP contribution in [0.1, 0.15) is 15.9 Å². The van der Waals surface area contributed by atoms with Gasteiger partial charge in [0.05, 0.1) is 16.6 Å². The summed E-state index contributed by atoms with van der Waals surface area (Å²) in [7, 11) is 0. The van der Waals surface area contributed by atoms with Crippen molar-refractivity contribution in [1.29, 1.82) is 0 Å². The third-order valence-corrected chi connectivity index (χ3v) is 3.54. The molecule has 3 rings (SSSR count). The number of amides is 1. The van der Waals surface area contributed by atoms with E-state index in [1.165, 1.54) is 24.4 Å². The van der Waals surface area contributed by atoms with E-state index in [1.807, 2.05) is 0 Å². The Morgan fingerprint density at radius 2 is 1.65 bits per heavy atom. The molecular formula is C17H11F3N2O. The molecule has 0 saturated carbocycles. The van der Waals surface area contributed by atoms with Crippen LogP contribution in [-0.2, 0) is 6.18 Å². The number of nitrogens with two attached hydrogens (primary N) is 1. The molecule has 0 aliphatic rings. The summed E-state index contributed by atoms with van der Waals surface area (Å²) in [5.74, 6) is -0.824. The van der Waals surface area contributed by atoms with Gasteiger partial charge in [0.2, 0.25) is 0 Å². The Labute approximate surface area is 129 Å². The number of nitrogens with zero attached hydrogens (tertiary/aromatic N) is 1. The smallest absolute Gasteiger partial charge is 0.366 e. The second kappa shape index (κ2) is 5.39. The van der Waals surface area contributed by atoms with Gasteiger partial charge < -0.3 is 5.73 Å². The number of primary amides is 1. The first kappa shape index (κ1) is 15.0. The molecule has 0 bridgehead atoms. The van der Waals surface area contributed by atoms with Gasteiger partial charge in [0, 0.05) is 17.1 Å². The number of halogens is 3. The Bertz CT molecular complexity index is 904. The van der Waals surface area contributed by atoms with Crippen molar-refractivity contribution in [2.45, 2.75) is 6.18 Å². The number of rotatable bonds is 2. The van der Waals surface area contributed by atoms with Crippen molar-refractivity contribution in [2.75, 3.05) is 0 Å². The summed E-state index contributed by atoms with van der Waals surface area (Å²) >= 11 is 0. The van der Waals surface area contributed by atoms with Crippen LogP contribution in [0.5, 0.6) is 0 Å². The van der Waals surface area contributed by atoms with Crippen LogP contribution < -0.4 is 5.73 Å². The predicted octanol–water partition coefficient (Wildman–Crippen LogP) is 4.02. The fourth-order valence-corrected chi connectivity index (χ4v) is 2.57. The van der Waals surface area contributed by atoms with Crippen LogP contribution in [0.3, 0.4) is 0 Å². The predicted molar refractivity (Wildman–Crippen MR) is 80.7 cm³/mol. The Morgan fingerprint density at radius 1 is 1.00 bits per heavy atom. The Morgan fingerprint density at radius 3 is 2.35 bits per heavy atom. The summed E-state index contributed by atoms with van der Waals surface area (Å²) in [5.41, 5.74) is 5.03. The lowest BCUT2D eigenvalue weighted by Crippen LogP contribution is -2.15. The van der Waals surface area contributed by atoms with E-state index in [0.717, 1.165) is 6.07 Å². The molecule has 0 spiro atoms. The summed E-state index contributed by atoms with van der Waals surface area (Å²) < 4.78 is 40.0. The average Bonchev–Trinajstić information content (AvgIpc) is 2.52. The van der Waals surface area contributed by atoms with Crippen LogP contribution in [0, 0.1) is 0 Å². The molecule has 0 radical (unpaired) electrons. The van der Waals surface area contributed by atoms with Gasteiger partial charge in [0.25, 0.3) is 5.91 Å². The third kappa shape index (κ3) is 2.63. The minimum atomic E-state index is -4.55. The van der Waals surface area contributed by atoms with E-state index in [-0.39, 0.29) is 16.7 Å². The molecule has 1 amide bonds. The first-order valence-electron chi connectivity index (χ1n) is 6.73. The number of carbonyl (C=O) groups is 1. The molecule has 2 N–H and O–H groups in total. The van der Waals surface area contributed by atoms with E-state index in [2.05, 4.69) is 4.98 Å². The van der Waals surface area contributed by atoms with Crippen molar-refractivity contribution >= 4 is 16.8 Å². The van der Waals surface area contributed by atoms with E-state index < -0.39 is 17.6 Å². The zero-order valence-corrected chi connectivity index (χ0v) is 11.8. The zero-order chi connectivity index (χ0) is 16.6. The molecule has 116 valence electrons. The van der Waals surface area contributed by atoms with Gasteiger partial charge in [-0.05, 0) is 17.7 Å². The van der Waals surface area contributed by atoms with E-state index >= 15 is 0 Å². The Hall–Kier alpha value is -2.89. The van der Waals surface area contributed by atoms with Crippen LogP contribution in [0.15, 0.2) is 54.7 Å². The quantitative estimate of drug-likeness (QED) is 0.776. The maximum Gasteiger partial charge on any atom is 0.417 e. The highest BCUT2D eigenvalue weighted by Crippen LogP contribution is 2.40. The standard InChI is InChI=1S/C17H11F3N2O/c18-17(19,20)13-7-3-1-5-10(13)15-11-6-2-4-8-14(11)22-9-12(15)16(21)23/h1-9H,(H2,21,23). The molecule has 0 aliphatic heterocycles. The highest BCUT2D eigenvalue weighted by atomic mass is 19.4. The monoisotopic (exact) mass is 316 g/mol. The van der Waals surface area contributed by atoms with Crippen LogP contribution in [0.25, 0.3) is 22.0 Å². The summed E-state index contributed by atoms with van der Waals surface area (Å²) in [5, 5.41) is 0.445. The van der Waals surface area contributed by atoms with Crippen molar-refractivity contribution in [2.24, 2.45) is 5.73 Å². The topological polar surface area (TPSA) is 56.0 Å². The molecule has 0 unspecified atom stereocenters. The Balaban J connectivity index is 2.45. The molecular weight excluding hydrogens is 305 g/mol. The normalized spacial score (nSPS) is 11.6. The molecule has 1 heterocycles. The highest BCUT2D eigenvalue weighted by Gasteiger charge is 2.34. The minimum absolute atomic E-state index is 0.0413. The molecule has 1 aromatic heterocycles. The lowest BCUT2D eigenvalue weighted by Gasteiger charge is -2.16. The summed E-state index contributed by atoms with van der Waals surface area (Å²) in [6.45, 7) is 0. The lowest BCUT2D eigenvalue weighted by molar-refractivity contribution is -0.137. The second-order valence-electron chi connectivity index (χ2n) is 4.97. The van der Waals surface area contributed by atoms with E-state index in [9.17, 15) is 18.0 Å². The summed E-state index contributed by atoms with van der Waals surface area (Å²) in [6, 6.07) is 11.8. The van der Waals surface area contributed by atoms with Crippen LogP contribution >= 0.6 is 0 Å². The molecule has 3 nitrogen and oxygen atoms in total. The molecule has 0 aliphatic carbocycles. The van der Waals surface area contributed by atoms with Gasteiger partial charge in [0.1, 0.15) is 0 Å². The molecule has 0 fully saturated rings. The number of hydrogen-bond donors (Lipinski definition) is 1. The zero-order valence-electron chi connectivity index (χ0n) is 11.8. The minimum Gasteiger partial charge on any atom is -0.366 e. The van der Waals surface area contributed by atoms with Gasteiger partial charge in [-0.25, -0.2) is 0 Å². The number of fused-ring (bicyclic) bond motifs is 1. The largest absolute Gasteiger partial charge is 0.417 e. The fourth-order valence-electron chi connectivity index (χ4n) is 2.57. The Kier molecular flexibility index (Phi) is 3.52. The molecule has 2 aromatic carbocycles. The number of carbonyl (C=O) groups excluding carboxylic acids is 1. The fraction of sp³-hybridized carbons (Fsp3) is 0.0588. The number of hydrogen-bond acceptors (Lipinski definition) is 2. The van der Waals surface area contributed by atoms with Crippen molar-refractivity contribution in [3.63, 3.8) is 0 Å². The SMILES string of the molecule is NC(=O)c1cnc2ccccc2c1-c1ccccc1C(F)(F)F. The molecule has 0 atom stereocenters. The van der Waals surface area contributed by atoms with Crippen LogP contribution in [0.2, 0.25) is 0 Å². The van der Waals surface area contributed by atoms with Gasteiger partial charge in [0.15, 0.2) is 0 Å². The summed E-state index contributed by atoms with van der Waals surface area (Å²) in [6.07, 6.45) is -3.33. The van der Waals surface area contributed by atoms with Gasteiger partial charge in [-0.15, -0.1) is 0 Å². The first-order valence-corrected chi connectivity index (χ1v) is 6.73.